The Hall–Kier alpha value is -4.16. The Morgan fingerprint density at radius 3 is 2.49 bits per heavy atom. The number of hydrogen-bond acceptors (Lipinski definition) is 4. The molecular formula is C30H26ClN3O3. The summed E-state index contributed by atoms with van der Waals surface area (Å²) in [5.74, 6) is 0.872. The molecule has 0 fully saturated rings. The number of benzene rings is 3. The third-order valence-electron chi connectivity index (χ3n) is 6.53. The number of halogens is 1. The number of aryl methyl sites for hydroxylation is 2. The molecule has 0 aliphatic carbocycles. The monoisotopic (exact) mass is 511 g/mol. The van der Waals surface area contributed by atoms with Gasteiger partial charge in [0.2, 0.25) is 0 Å². The highest BCUT2D eigenvalue weighted by atomic mass is 35.5. The van der Waals surface area contributed by atoms with Crippen molar-refractivity contribution in [3.05, 3.63) is 129 Å². The zero-order valence-corrected chi connectivity index (χ0v) is 21.6. The number of fused-ring (bicyclic) bond motifs is 1. The van der Waals surface area contributed by atoms with Crippen molar-refractivity contribution in [3.8, 4) is 5.69 Å². The van der Waals surface area contributed by atoms with Gasteiger partial charge in [0, 0.05) is 10.6 Å². The molecule has 7 heteroatoms. The normalized spacial score (nSPS) is 12.0. The fraction of sp³-hybridized carbons (Fsp3) is 0.167. The van der Waals surface area contributed by atoms with E-state index in [9.17, 15) is 9.59 Å². The Morgan fingerprint density at radius 2 is 1.78 bits per heavy atom. The molecule has 5 rings (SSSR count). The molecule has 3 aromatic carbocycles. The average molecular weight is 512 g/mol. The summed E-state index contributed by atoms with van der Waals surface area (Å²) in [6.07, 6.45) is 1.58. The summed E-state index contributed by atoms with van der Waals surface area (Å²) in [5, 5.41) is 0.929. The van der Waals surface area contributed by atoms with Crippen LogP contribution < -0.4 is 5.56 Å². The zero-order chi connectivity index (χ0) is 26.1. The van der Waals surface area contributed by atoms with E-state index in [-0.39, 0.29) is 18.0 Å². The quantitative estimate of drug-likeness (QED) is 0.256. The van der Waals surface area contributed by atoms with E-state index < -0.39 is 6.04 Å². The number of furan rings is 1. The summed E-state index contributed by atoms with van der Waals surface area (Å²) in [6.45, 7) is 5.98. The van der Waals surface area contributed by atoms with Crippen LogP contribution in [0.25, 0.3) is 16.6 Å². The minimum absolute atomic E-state index is 0.183. The maximum absolute atomic E-state index is 13.9. The van der Waals surface area contributed by atoms with Gasteiger partial charge in [-0.25, -0.2) is 4.98 Å². The number of amides is 1. The number of aromatic nitrogens is 2. The van der Waals surface area contributed by atoms with Crippen LogP contribution in [0.1, 0.15) is 46.0 Å². The third-order valence-corrected chi connectivity index (χ3v) is 6.77. The summed E-state index contributed by atoms with van der Waals surface area (Å²) < 4.78 is 7.19. The van der Waals surface area contributed by atoms with E-state index in [0.717, 1.165) is 11.1 Å². The van der Waals surface area contributed by atoms with Gasteiger partial charge in [-0.15, -0.1) is 0 Å². The Balaban J connectivity index is 1.72. The lowest BCUT2D eigenvalue weighted by atomic mass is 10.1. The van der Waals surface area contributed by atoms with Gasteiger partial charge >= 0.3 is 0 Å². The first-order chi connectivity index (χ1) is 17.8. The van der Waals surface area contributed by atoms with Crippen LogP contribution in [0.3, 0.4) is 0 Å². The van der Waals surface area contributed by atoms with Gasteiger partial charge in [0.05, 0.1) is 35.4 Å². The fourth-order valence-electron chi connectivity index (χ4n) is 4.46. The number of rotatable bonds is 6. The summed E-state index contributed by atoms with van der Waals surface area (Å²) in [4.78, 5) is 34.4. The standard InChI is InChI=1S/C30H26ClN3O3/c1-19-10-13-23(14-11-19)34-28(32-27-17-22(31)12-15-26(27)30(34)36)21(3)33(18-24-8-6-16-37-24)29(35)25-9-5-4-7-20(25)2/h4-17,21H,18H2,1-3H3. The lowest BCUT2D eigenvalue weighted by molar-refractivity contribution is 0.0647. The number of carbonyl (C=O) groups is 1. The second-order valence-electron chi connectivity index (χ2n) is 9.11. The van der Waals surface area contributed by atoms with Crippen molar-refractivity contribution >= 4 is 28.4 Å². The Morgan fingerprint density at radius 1 is 1.03 bits per heavy atom. The van der Waals surface area contributed by atoms with Crippen LogP contribution in [-0.2, 0) is 6.54 Å². The van der Waals surface area contributed by atoms with Crippen molar-refractivity contribution in [2.45, 2.75) is 33.4 Å². The molecule has 6 nitrogen and oxygen atoms in total. The molecule has 186 valence electrons. The van der Waals surface area contributed by atoms with Crippen molar-refractivity contribution in [2.24, 2.45) is 0 Å². The largest absolute Gasteiger partial charge is 0.467 e. The van der Waals surface area contributed by atoms with E-state index in [2.05, 4.69) is 0 Å². The molecule has 0 saturated carbocycles. The van der Waals surface area contributed by atoms with Gasteiger partial charge in [0.25, 0.3) is 11.5 Å². The van der Waals surface area contributed by atoms with Gasteiger partial charge in [-0.3, -0.25) is 14.2 Å². The molecule has 0 aliphatic rings. The molecule has 0 aliphatic heterocycles. The Bertz CT molecular complexity index is 1640. The van der Waals surface area contributed by atoms with Crippen molar-refractivity contribution in [3.63, 3.8) is 0 Å². The lowest BCUT2D eigenvalue weighted by Gasteiger charge is -2.30. The molecule has 0 radical (unpaired) electrons. The van der Waals surface area contributed by atoms with Crippen molar-refractivity contribution < 1.29 is 9.21 Å². The molecule has 2 aromatic heterocycles. The molecule has 0 spiro atoms. The first-order valence-electron chi connectivity index (χ1n) is 12.0. The van der Waals surface area contributed by atoms with E-state index >= 15 is 0 Å². The topological polar surface area (TPSA) is 68.3 Å². The highest BCUT2D eigenvalue weighted by molar-refractivity contribution is 6.31. The van der Waals surface area contributed by atoms with Crippen molar-refractivity contribution in [1.29, 1.82) is 0 Å². The van der Waals surface area contributed by atoms with Gasteiger partial charge in [0.1, 0.15) is 11.6 Å². The summed E-state index contributed by atoms with van der Waals surface area (Å²) in [5.41, 5.74) is 3.43. The average Bonchev–Trinajstić information content (AvgIpc) is 3.41. The van der Waals surface area contributed by atoms with E-state index in [4.69, 9.17) is 21.0 Å². The number of hydrogen-bond donors (Lipinski definition) is 0. The molecule has 2 heterocycles. The Kier molecular flexibility index (Phi) is 6.68. The highest BCUT2D eigenvalue weighted by Gasteiger charge is 2.29. The van der Waals surface area contributed by atoms with E-state index in [1.165, 1.54) is 0 Å². The first-order valence-corrected chi connectivity index (χ1v) is 12.4. The summed E-state index contributed by atoms with van der Waals surface area (Å²) in [7, 11) is 0. The molecule has 0 N–H and O–H groups in total. The van der Waals surface area contributed by atoms with E-state index in [1.54, 1.807) is 46.1 Å². The fourth-order valence-corrected chi connectivity index (χ4v) is 4.63. The van der Waals surface area contributed by atoms with Crippen LogP contribution >= 0.6 is 11.6 Å². The molecule has 37 heavy (non-hydrogen) atoms. The minimum Gasteiger partial charge on any atom is -0.467 e. The van der Waals surface area contributed by atoms with Crippen molar-refractivity contribution in [1.82, 2.24) is 14.5 Å². The van der Waals surface area contributed by atoms with Gasteiger partial charge in [-0.1, -0.05) is 47.5 Å². The van der Waals surface area contributed by atoms with Crippen LogP contribution in [0, 0.1) is 13.8 Å². The van der Waals surface area contributed by atoms with E-state index in [1.807, 2.05) is 69.3 Å². The molecule has 1 atom stereocenters. The molecular weight excluding hydrogens is 486 g/mol. The van der Waals surface area contributed by atoms with Crippen LogP contribution in [0.4, 0.5) is 0 Å². The summed E-state index contributed by atoms with van der Waals surface area (Å²) >= 11 is 6.26. The lowest BCUT2D eigenvalue weighted by Crippen LogP contribution is -2.37. The van der Waals surface area contributed by atoms with Gasteiger partial charge < -0.3 is 9.32 Å². The van der Waals surface area contributed by atoms with Crippen LogP contribution in [0.2, 0.25) is 5.02 Å². The summed E-state index contributed by atoms with van der Waals surface area (Å²) in [6, 6.07) is 23.2. The maximum Gasteiger partial charge on any atom is 0.266 e. The minimum atomic E-state index is -0.588. The number of nitrogens with zero attached hydrogens (tertiary/aromatic N) is 3. The molecule has 1 unspecified atom stereocenters. The molecule has 1 amide bonds. The highest BCUT2D eigenvalue weighted by Crippen LogP contribution is 2.28. The second kappa shape index (κ2) is 10.1. The first kappa shape index (κ1) is 24.5. The van der Waals surface area contributed by atoms with Crippen LogP contribution in [0.5, 0.6) is 0 Å². The zero-order valence-electron chi connectivity index (χ0n) is 20.8. The van der Waals surface area contributed by atoms with Gasteiger partial charge in [0.15, 0.2) is 0 Å². The molecule has 0 bridgehead atoms. The van der Waals surface area contributed by atoms with Crippen LogP contribution in [-0.4, -0.2) is 20.4 Å². The predicted molar refractivity (Wildman–Crippen MR) is 145 cm³/mol. The smallest absolute Gasteiger partial charge is 0.266 e. The van der Waals surface area contributed by atoms with Gasteiger partial charge in [-0.2, -0.15) is 0 Å². The Labute approximate surface area is 219 Å². The van der Waals surface area contributed by atoms with Crippen molar-refractivity contribution in [2.75, 3.05) is 0 Å². The van der Waals surface area contributed by atoms with Crippen LogP contribution in [0.15, 0.2) is 94.3 Å². The molecule has 5 aromatic rings. The SMILES string of the molecule is Cc1ccc(-n2c(C(C)N(Cc3ccco3)C(=O)c3ccccc3C)nc3cc(Cl)ccc3c2=O)cc1. The number of carbonyl (C=O) groups excluding carboxylic acids is 1. The predicted octanol–water partition coefficient (Wildman–Crippen LogP) is 6.65. The third kappa shape index (κ3) is 4.80. The molecule has 0 saturated heterocycles. The maximum atomic E-state index is 13.9. The van der Waals surface area contributed by atoms with Gasteiger partial charge in [-0.05, 0) is 74.9 Å². The van der Waals surface area contributed by atoms with E-state index in [0.29, 0.717) is 38.8 Å². The second-order valence-corrected chi connectivity index (χ2v) is 9.55.